The van der Waals surface area contributed by atoms with Crippen LogP contribution < -0.4 is 0 Å². The molecule has 1 aromatic heterocycles. The summed E-state index contributed by atoms with van der Waals surface area (Å²) in [5, 5.41) is 1.03. The van der Waals surface area contributed by atoms with E-state index in [0.29, 0.717) is 12.1 Å². The second kappa shape index (κ2) is 6.93. The Morgan fingerprint density at radius 3 is 2.30 bits per heavy atom. The van der Waals surface area contributed by atoms with Gasteiger partial charge in [-0.15, -0.1) is 0 Å². The third-order valence-corrected chi connectivity index (χ3v) is 11.6. The highest BCUT2D eigenvalue weighted by Crippen LogP contribution is 2.37. The smallest absolute Gasteiger partial charge is 0.268 e. The molecule has 144 valence electrons. The SMILES string of the molecule is CC(C)(C)[Si](C)(C)OCc1ccc2ccn(S(=O)(=O)c3ccccc3)c2c1. The normalized spacial score (nSPS) is 13.2. The van der Waals surface area contributed by atoms with Gasteiger partial charge in [0.25, 0.3) is 10.0 Å². The molecule has 0 aliphatic heterocycles. The van der Waals surface area contributed by atoms with Crippen molar-refractivity contribution in [1.29, 1.82) is 0 Å². The Hall–Kier alpha value is -1.89. The molecule has 0 spiro atoms. The Balaban J connectivity index is 1.96. The Labute approximate surface area is 163 Å². The molecule has 6 heteroatoms. The summed E-state index contributed by atoms with van der Waals surface area (Å²) < 4.78 is 33.7. The van der Waals surface area contributed by atoms with Crippen LogP contribution in [0.3, 0.4) is 0 Å². The van der Waals surface area contributed by atoms with E-state index in [9.17, 15) is 8.42 Å². The van der Waals surface area contributed by atoms with Crippen molar-refractivity contribution in [3.05, 3.63) is 66.4 Å². The zero-order valence-corrected chi connectivity index (χ0v) is 18.4. The van der Waals surface area contributed by atoms with Crippen LogP contribution in [0.25, 0.3) is 10.9 Å². The van der Waals surface area contributed by atoms with E-state index in [0.717, 1.165) is 10.9 Å². The second-order valence-corrected chi connectivity index (χ2v) is 15.0. The number of hydrogen-bond acceptors (Lipinski definition) is 3. The van der Waals surface area contributed by atoms with Gasteiger partial charge in [0.1, 0.15) is 0 Å². The summed E-state index contributed by atoms with van der Waals surface area (Å²) in [5.74, 6) is 0. The lowest BCUT2D eigenvalue weighted by molar-refractivity contribution is 0.276. The minimum Gasteiger partial charge on any atom is -0.413 e. The van der Waals surface area contributed by atoms with E-state index in [2.05, 4.69) is 33.9 Å². The van der Waals surface area contributed by atoms with E-state index < -0.39 is 18.3 Å². The van der Waals surface area contributed by atoms with Crippen molar-refractivity contribution in [2.75, 3.05) is 0 Å². The zero-order valence-electron chi connectivity index (χ0n) is 16.6. The Bertz CT molecular complexity index is 1050. The molecule has 0 aliphatic rings. The standard InChI is InChI=1S/C21H27NO3SSi/c1-21(2,3)27(4,5)25-16-17-11-12-18-13-14-22(20(18)15-17)26(23,24)19-9-7-6-8-10-19/h6-15H,16H2,1-5H3. The van der Waals surface area contributed by atoms with E-state index in [1.54, 1.807) is 30.5 Å². The first-order chi connectivity index (χ1) is 12.5. The average Bonchev–Trinajstić information content (AvgIpc) is 3.04. The second-order valence-electron chi connectivity index (χ2n) is 8.37. The van der Waals surface area contributed by atoms with Crippen LogP contribution in [0.2, 0.25) is 18.1 Å². The van der Waals surface area contributed by atoms with Gasteiger partial charge < -0.3 is 4.43 Å². The minimum absolute atomic E-state index is 0.133. The van der Waals surface area contributed by atoms with E-state index in [1.165, 1.54) is 3.97 Å². The molecule has 27 heavy (non-hydrogen) atoms. The highest BCUT2D eigenvalue weighted by molar-refractivity contribution is 7.90. The summed E-state index contributed by atoms with van der Waals surface area (Å²) in [6, 6.07) is 16.2. The van der Waals surface area contributed by atoms with Crippen LogP contribution in [0.4, 0.5) is 0 Å². The molecule has 0 aliphatic carbocycles. The number of rotatable bonds is 5. The lowest BCUT2D eigenvalue weighted by Crippen LogP contribution is -2.40. The Kier molecular flexibility index (Phi) is 5.09. The molecule has 0 saturated heterocycles. The molecule has 0 N–H and O–H groups in total. The highest BCUT2D eigenvalue weighted by Gasteiger charge is 2.37. The first-order valence-corrected chi connectivity index (χ1v) is 13.4. The lowest BCUT2D eigenvalue weighted by Gasteiger charge is -2.36. The van der Waals surface area contributed by atoms with E-state index in [4.69, 9.17) is 4.43 Å². The van der Waals surface area contributed by atoms with Gasteiger partial charge in [0.15, 0.2) is 8.32 Å². The number of hydrogen-bond donors (Lipinski definition) is 0. The molecule has 0 atom stereocenters. The number of nitrogens with zero attached hydrogens (tertiary/aromatic N) is 1. The van der Waals surface area contributed by atoms with Crippen LogP contribution in [0.1, 0.15) is 26.3 Å². The fourth-order valence-electron chi connectivity index (χ4n) is 2.64. The summed E-state index contributed by atoms with van der Waals surface area (Å²) >= 11 is 0. The van der Waals surface area contributed by atoms with Gasteiger partial charge in [-0.1, -0.05) is 51.1 Å². The lowest BCUT2D eigenvalue weighted by atomic mass is 10.2. The molecule has 0 amide bonds. The van der Waals surface area contributed by atoms with E-state index in [-0.39, 0.29) is 9.93 Å². The molecule has 0 fully saturated rings. The van der Waals surface area contributed by atoms with E-state index >= 15 is 0 Å². The Morgan fingerprint density at radius 2 is 1.67 bits per heavy atom. The molecule has 3 aromatic rings. The quantitative estimate of drug-likeness (QED) is 0.538. The van der Waals surface area contributed by atoms with Crippen LogP contribution >= 0.6 is 0 Å². The summed E-state index contributed by atoms with van der Waals surface area (Å²) in [4.78, 5) is 0.283. The molecule has 3 rings (SSSR count). The predicted octanol–water partition coefficient (Wildman–Crippen LogP) is 5.40. The summed E-state index contributed by atoms with van der Waals surface area (Å²) in [7, 11) is -5.49. The maximum atomic E-state index is 13.0. The van der Waals surface area contributed by atoms with Crippen molar-refractivity contribution >= 4 is 29.2 Å². The van der Waals surface area contributed by atoms with Gasteiger partial charge >= 0.3 is 0 Å². The molecule has 4 nitrogen and oxygen atoms in total. The average molecular weight is 402 g/mol. The van der Waals surface area contributed by atoms with Gasteiger partial charge in [-0.05, 0) is 48.0 Å². The third-order valence-electron chi connectivity index (χ3n) is 5.43. The van der Waals surface area contributed by atoms with Gasteiger partial charge in [-0.3, -0.25) is 0 Å². The molecular formula is C21H27NO3SSi. The van der Waals surface area contributed by atoms with Gasteiger partial charge in [0.2, 0.25) is 0 Å². The third kappa shape index (κ3) is 3.88. The van der Waals surface area contributed by atoms with Crippen molar-refractivity contribution in [2.45, 2.75) is 50.4 Å². The summed E-state index contributed by atoms with van der Waals surface area (Å²) in [6.45, 7) is 11.5. The Morgan fingerprint density at radius 1 is 1.00 bits per heavy atom. The largest absolute Gasteiger partial charge is 0.413 e. The van der Waals surface area contributed by atoms with Crippen LogP contribution in [0.5, 0.6) is 0 Å². The molecule has 0 saturated carbocycles. The summed E-state index contributed by atoms with van der Waals surface area (Å²) in [5.41, 5.74) is 1.66. The number of benzene rings is 2. The van der Waals surface area contributed by atoms with Gasteiger partial charge in [0.05, 0.1) is 17.0 Å². The fraction of sp³-hybridized carbons (Fsp3) is 0.333. The van der Waals surface area contributed by atoms with Crippen molar-refractivity contribution in [3.8, 4) is 0 Å². The van der Waals surface area contributed by atoms with Gasteiger partial charge in [-0.2, -0.15) is 0 Å². The molecular weight excluding hydrogens is 374 g/mol. The maximum absolute atomic E-state index is 13.0. The van der Waals surface area contributed by atoms with Crippen LogP contribution in [0, 0.1) is 0 Å². The molecule has 0 bridgehead atoms. The first kappa shape index (κ1) is 19.9. The fourth-order valence-corrected chi connectivity index (χ4v) is 4.96. The van der Waals surface area contributed by atoms with Crippen molar-refractivity contribution in [1.82, 2.24) is 3.97 Å². The monoisotopic (exact) mass is 401 g/mol. The molecule has 0 radical (unpaired) electrons. The van der Waals surface area contributed by atoms with Crippen molar-refractivity contribution < 1.29 is 12.8 Å². The summed E-state index contributed by atoms with van der Waals surface area (Å²) in [6.07, 6.45) is 1.62. The molecule has 2 aromatic carbocycles. The van der Waals surface area contributed by atoms with Crippen LogP contribution in [0.15, 0.2) is 65.7 Å². The highest BCUT2D eigenvalue weighted by atomic mass is 32.2. The van der Waals surface area contributed by atoms with Crippen molar-refractivity contribution in [3.63, 3.8) is 0 Å². The topological polar surface area (TPSA) is 48.3 Å². The molecule has 0 unspecified atom stereocenters. The number of fused-ring (bicyclic) bond motifs is 1. The van der Waals surface area contributed by atoms with Crippen LogP contribution in [-0.2, 0) is 21.1 Å². The maximum Gasteiger partial charge on any atom is 0.268 e. The van der Waals surface area contributed by atoms with Gasteiger partial charge in [-0.25, -0.2) is 12.4 Å². The predicted molar refractivity (Wildman–Crippen MR) is 113 cm³/mol. The van der Waals surface area contributed by atoms with E-state index in [1.807, 2.05) is 30.3 Å². The van der Waals surface area contributed by atoms with Crippen molar-refractivity contribution in [2.24, 2.45) is 0 Å². The van der Waals surface area contributed by atoms with Crippen LogP contribution in [-0.4, -0.2) is 20.7 Å². The first-order valence-electron chi connectivity index (χ1n) is 9.07. The molecule has 1 heterocycles. The number of aromatic nitrogens is 1. The zero-order chi connectivity index (χ0) is 19.9. The minimum atomic E-state index is -3.62. The van der Waals surface area contributed by atoms with Gasteiger partial charge in [0, 0.05) is 11.6 Å².